The predicted molar refractivity (Wildman–Crippen MR) is 82.0 cm³/mol. The molecule has 1 fully saturated rings. The Balaban J connectivity index is 2.18. The van der Waals surface area contributed by atoms with Gasteiger partial charge in [-0.2, -0.15) is 0 Å². The molecule has 1 amide bonds. The van der Waals surface area contributed by atoms with Gasteiger partial charge < -0.3 is 10.1 Å². The summed E-state index contributed by atoms with van der Waals surface area (Å²) in [7, 11) is 1.62. The predicted octanol–water partition coefficient (Wildman–Crippen LogP) is 1.23. The molecule has 1 atom stereocenters. The maximum Gasteiger partial charge on any atom is 0.256 e. The summed E-state index contributed by atoms with van der Waals surface area (Å²) >= 11 is 2.24. The Labute approximate surface area is 126 Å². The van der Waals surface area contributed by atoms with Crippen LogP contribution in [0.25, 0.3) is 0 Å². The highest BCUT2D eigenvalue weighted by molar-refractivity contribution is 14.1. The number of hydrogen-bond donors (Lipinski definition) is 2. The Bertz CT molecular complexity index is 501. The van der Waals surface area contributed by atoms with Crippen molar-refractivity contribution in [3.05, 3.63) is 33.4 Å². The van der Waals surface area contributed by atoms with Crippen molar-refractivity contribution in [2.75, 3.05) is 20.3 Å². The molecule has 1 heterocycles. The molecule has 1 aliphatic heterocycles. The lowest BCUT2D eigenvalue weighted by atomic mass is 9.92. The lowest BCUT2D eigenvalue weighted by Crippen LogP contribution is -2.40. The highest BCUT2D eigenvalue weighted by Gasteiger charge is 2.42. The van der Waals surface area contributed by atoms with Crippen LogP contribution in [-0.4, -0.2) is 32.1 Å². The highest BCUT2D eigenvalue weighted by atomic mass is 127. The molecular weight excluding hydrogens is 357 g/mol. The topological polar surface area (TPSA) is 62.7 Å². The zero-order chi connectivity index (χ0) is 13.9. The van der Waals surface area contributed by atoms with E-state index in [-0.39, 0.29) is 5.91 Å². The Morgan fingerprint density at radius 3 is 2.68 bits per heavy atom. The number of nitrogens with zero attached hydrogens (tertiary/aromatic N) is 1. The van der Waals surface area contributed by atoms with Gasteiger partial charge in [-0.3, -0.25) is 15.1 Å². The molecule has 19 heavy (non-hydrogen) atoms. The van der Waals surface area contributed by atoms with E-state index in [2.05, 4.69) is 38.2 Å². The van der Waals surface area contributed by atoms with Crippen LogP contribution in [0.1, 0.15) is 12.5 Å². The number of methoxy groups -OCH3 is 1. The first-order valence-corrected chi connectivity index (χ1v) is 7.03. The quantitative estimate of drug-likeness (QED) is 0.617. The number of nitrogens with one attached hydrogen (secondary N) is 2. The number of aliphatic imine (C=N–C) groups is 1. The zero-order valence-electron chi connectivity index (χ0n) is 10.9. The molecule has 0 saturated carbocycles. The SMILES string of the molecule is COCCN=C1NC(=O)C(C)(c2ccc(I)cc2)N1. The largest absolute Gasteiger partial charge is 0.383 e. The van der Waals surface area contributed by atoms with Gasteiger partial charge in [-0.15, -0.1) is 0 Å². The number of benzene rings is 1. The summed E-state index contributed by atoms with van der Waals surface area (Å²) in [4.78, 5) is 16.4. The number of halogens is 1. The normalized spacial score (nSPS) is 24.4. The average molecular weight is 373 g/mol. The first kappa shape index (κ1) is 14.3. The van der Waals surface area contributed by atoms with E-state index in [1.54, 1.807) is 7.11 Å². The molecule has 2 N–H and O–H groups in total. The van der Waals surface area contributed by atoms with E-state index in [0.717, 1.165) is 9.13 Å². The molecule has 0 spiro atoms. The fraction of sp³-hybridized carbons (Fsp3) is 0.385. The van der Waals surface area contributed by atoms with Gasteiger partial charge in [-0.1, -0.05) is 12.1 Å². The van der Waals surface area contributed by atoms with Crippen LogP contribution in [0.15, 0.2) is 29.3 Å². The third-order valence-corrected chi connectivity index (χ3v) is 3.76. The fourth-order valence-corrected chi connectivity index (χ4v) is 2.23. The Morgan fingerprint density at radius 2 is 2.05 bits per heavy atom. The number of rotatable bonds is 4. The molecule has 102 valence electrons. The van der Waals surface area contributed by atoms with Crippen molar-refractivity contribution in [3.63, 3.8) is 0 Å². The molecule has 6 heteroatoms. The summed E-state index contributed by atoms with van der Waals surface area (Å²) in [6.45, 7) is 2.90. The molecule has 5 nitrogen and oxygen atoms in total. The number of ether oxygens (including phenoxy) is 1. The number of carbonyl (C=O) groups excluding carboxylic acids is 1. The summed E-state index contributed by atoms with van der Waals surface area (Å²) in [6.07, 6.45) is 0. The van der Waals surface area contributed by atoms with Crippen LogP contribution in [0.3, 0.4) is 0 Å². The second-order valence-electron chi connectivity index (χ2n) is 4.43. The van der Waals surface area contributed by atoms with E-state index in [9.17, 15) is 4.79 Å². The number of hydrogen-bond acceptors (Lipinski definition) is 3. The Kier molecular flexibility index (Phi) is 4.41. The third kappa shape index (κ3) is 3.06. The maximum absolute atomic E-state index is 12.1. The van der Waals surface area contributed by atoms with Crippen LogP contribution >= 0.6 is 22.6 Å². The average Bonchev–Trinajstić information content (AvgIpc) is 2.67. The lowest BCUT2D eigenvalue weighted by molar-refractivity contribution is -0.123. The first-order chi connectivity index (χ1) is 9.06. The Morgan fingerprint density at radius 1 is 1.37 bits per heavy atom. The van der Waals surface area contributed by atoms with Gasteiger partial charge >= 0.3 is 0 Å². The molecule has 1 aromatic rings. The van der Waals surface area contributed by atoms with E-state index in [0.29, 0.717) is 19.1 Å². The summed E-state index contributed by atoms with van der Waals surface area (Å²) in [5.74, 6) is 0.410. The third-order valence-electron chi connectivity index (χ3n) is 3.04. The second-order valence-corrected chi connectivity index (χ2v) is 5.68. The van der Waals surface area contributed by atoms with Crippen molar-refractivity contribution in [2.24, 2.45) is 4.99 Å². The molecule has 1 unspecified atom stereocenters. The van der Waals surface area contributed by atoms with Crippen molar-refractivity contribution in [1.82, 2.24) is 10.6 Å². The van der Waals surface area contributed by atoms with Crippen LogP contribution in [0.4, 0.5) is 0 Å². The summed E-state index contributed by atoms with van der Waals surface area (Å²) in [6, 6.07) is 7.87. The maximum atomic E-state index is 12.1. The van der Waals surface area contributed by atoms with Crippen molar-refractivity contribution in [3.8, 4) is 0 Å². The van der Waals surface area contributed by atoms with Crippen LogP contribution in [0, 0.1) is 3.57 Å². The van der Waals surface area contributed by atoms with E-state index >= 15 is 0 Å². The van der Waals surface area contributed by atoms with E-state index < -0.39 is 5.54 Å². The van der Waals surface area contributed by atoms with Gasteiger partial charge in [0.2, 0.25) is 0 Å². The standard InChI is InChI=1S/C13H16IN3O2/c1-13(9-3-5-10(14)6-4-9)11(18)16-12(17-13)15-7-8-19-2/h3-6H,7-8H2,1-2H3,(H2,15,16,17,18). The van der Waals surface area contributed by atoms with Gasteiger partial charge in [-0.05, 0) is 47.2 Å². The fourth-order valence-electron chi connectivity index (χ4n) is 1.87. The lowest BCUT2D eigenvalue weighted by Gasteiger charge is -2.21. The summed E-state index contributed by atoms with van der Waals surface area (Å²) < 4.78 is 6.07. The first-order valence-electron chi connectivity index (χ1n) is 5.95. The van der Waals surface area contributed by atoms with Crippen LogP contribution in [-0.2, 0) is 15.1 Å². The van der Waals surface area contributed by atoms with Gasteiger partial charge in [0.05, 0.1) is 13.2 Å². The molecule has 0 radical (unpaired) electrons. The van der Waals surface area contributed by atoms with Crippen LogP contribution in [0.2, 0.25) is 0 Å². The number of amides is 1. The smallest absolute Gasteiger partial charge is 0.256 e. The highest BCUT2D eigenvalue weighted by Crippen LogP contribution is 2.24. The minimum absolute atomic E-state index is 0.0927. The molecule has 1 aromatic carbocycles. The molecule has 0 aromatic heterocycles. The van der Waals surface area contributed by atoms with Gasteiger partial charge in [0.15, 0.2) is 5.96 Å². The number of carbonyl (C=O) groups is 1. The summed E-state index contributed by atoms with van der Waals surface area (Å²) in [5, 5.41) is 5.90. The van der Waals surface area contributed by atoms with Crippen molar-refractivity contribution in [1.29, 1.82) is 0 Å². The van der Waals surface area contributed by atoms with E-state index in [4.69, 9.17) is 4.74 Å². The van der Waals surface area contributed by atoms with Crippen LogP contribution < -0.4 is 10.6 Å². The van der Waals surface area contributed by atoms with Crippen molar-refractivity contribution < 1.29 is 9.53 Å². The molecular formula is C13H16IN3O2. The van der Waals surface area contributed by atoms with Gasteiger partial charge in [-0.25, -0.2) is 0 Å². The monoisotopic (exact) mass is 373 g/mol. The summed E-state index contributed by atoms with van der Waals surface area (Å²) in [5.41, 5.74) is 0.151. The molecule has 0 aliphatic carbocycles. The molecule has 0 bridgehead atoms. The minimum atomic E-state index is -0.768. The van der Waals surface area contributed by atoms with Gasteiger partial charge in [0, 0.05) is 10.7 Å². The molecule has 1 saturated heterocycles. The second kappa shape index (κ2) is 5.87. The zero-order valence-corrected chi connectivity index (χ0v) is 13.0. The minimum Gasteiger partial charge on any atom is -0.383 e. The molecule has 1 aliphatic rings. The molecule has 2 rings (SSSR count). The van der Waals surface area contributed by atoms with Crippen molar-refractivity contribution >= 4 is 34.5 Å². The van der Waals surface area contributed by atoms with E-state index in [1.165, 1.54) is 0 Å². The van der Waals surface area contributed by atoms with E-state index in [1.807, 2.05) is 31.2 Å². The number of guanidine groups is 1. The van der Waals surface area contributed by atoms with Gasteiger partial charge in [0.25, 0.3) is 5.91 Å². The van der Waals surface area contributed by atoms with Crippen LogP contribution in [0.5, 0.6) is 0 Å². The Hall–Kier alpha value is -1.15. The van der Waals surface area contributed by atoms with Gasteiger partial charge in [0.1, 0.15) is 5.54 Å². The van der Waals surface area contributed by atoms with Crippen molar-refractivity contribution in [2.45, 2.75) is 12.5 Å².